The van der Waals surface area contributed by atoms with Gasteiger partial charge in [0.25, 0.3) is 0 Å². The van der Waals surface area contributed by atoms with Gasteiger partial charge in [0.2, 0.25) is 5.90 Å². The van der Waals surface area contributed by atoms with E-state index in [1.165, 1.54) is 0 Å². The van der Waals surface area contributed by atoms with Crippen molar-refractivity contribution in [2.45, 2.75) is 19.5 Å². The molecule has 1 aliphatic carbocycles. The van der Waals surface area contributed by atoms with Crippen LogP contribution in [0.2, 0.25) is 0 Å². The quantitative estimate of drug-likeness (QED) is 0.523. The molecule has 4 heteroatoms. The number of hydrogen-bond acceptors (Lipinski definition) is 2. The van der Waals surface area contributed by atoms with Crippen molar-refractivity contribution in [3.05, 3.63) is 23.6 Å². The van der Waals surface area contributed by atoms with E-state index in [2.05, 4.69) is 0 Å². The molecule has 1 rings (SSSR count). The van der Waals surface area contributed by atoms with Crippen molar-refractivity contribution in [3.8, 4) is 0 Å². The highest BCUT2D eigenvalue weighted by atomic mass is 19.1. The molecule has 1 atom stereocenters. The van der Waals surface area contributed by atoms with Crippen LogP contribution in [0.15, 0.2) is 23.6 Å². The number of nitrogens with one attached hydrogen (secondary N) is 1. The van der Waals surface area contributed by atoms with Gasteiger partial charge in [-0.2, -0.15) is 0 Å². The Morgan fingerprint density at radius 3 is 3.08 bits per heavy atom. The standard InChI is InChI=1S/C9H11F2NO/c1-2-13-9(12)7-5-6(10)3-4-8(7)11/h3-4,6,12H,2,5H2,1H3. The highest BCUT2D eigenvalue weighted by Gasteiger charge is 2.20. The fourth-order valence-electron chi connectivity index (χ4n) is 1.08. The minimum atomic E-state index is -1.21. The van der Waals surface area contributed by atoms with Crippen LogP contribution in [0.3, 0.4) is 0 Å². The van der Waals surface area contributed by atoms with Crippen molar-refractivity contribution in [2.75, 3.05) is 6.61 Å². The molecule has 0 saturated heterocycles. The van der Waals surface area contributed by atoms with Crippen molar-refractivity contribution in [2.24, 2.45) is 0 Å². The van der Waals surface area contributed by atoms with E-state index in [-0.39, 0.29) is 24.5 Å². The molecular weight excluding hydrogens is 176 g/mol. The Hall–Kier alpha value is -1.19. The van der Waals surface area contributed by atoms with Crippen molar-refractivity contribution in [1.29, 1.82) is 5.41 Å². The van der Waals surface area contributed by atoms with Gasteiger partial charge in [-0.1, -0.05) is 0 Å². The zero-order valence-corrected chi connectivity index (χ0v) is 7.31. The topological polar surface area (TPSA) is 33.1 Å². The van der Waals surface area contributed by atoms with Crippen LogP contribution in [0.1, 0.15) is 13.3 Å². The van der Waals surface area contributed by atoms with Crippen LogP contribution in [0.5, 0.6) is 0 Å². The number of halogens is 2. The number of hydrogen-bond donors (Lipinski definition) is 1. The maximum Gasteiger partial charge on any atom is 0.212 e. The summed E-state index contributed by atoms with van der Waals surface area (Å²) in [5.41, 5.74) is 0.0110. The lowest BCUT2D eigenvalue weighted by molar-refractivity contribution is 0.316. The first-order valence-corrected chi connectivity index (χ1v) is 4.07. The average Bonchev–Trinajstić information content (AvgIpc) is 2.09. The normalized spacial score (nSPS) is 21.9. The molecule has 0 fully saturated rings. The Labute approximate surface area is 75.4 Å². The Bertz CT molecular complexity index is 271. The van der Waals surface area contributed by atoms with E-state index in [0.717, 1.165) is 12.2 Å². The van der Waals surface area contributed by atoms with Crippen LogP contribution in [0, 0.1) is 5.41 Å². The predicted molar refractivity (Wildman–Crippen MR) is 46.1 cm³/mol. The fourth-order valence-corrected chi connectivity index (χ4v) is 1.08. The van der Waals surface area contributed by atoms with Gasteiger partial charge in [0.05, 0.1) is 12.2 Å². The van der Waals surface area contributed by atoms with Gasteiger partial charge in [-0.3, -0.25) is 5.41 Å². The zero-order valence-electron chi connectivity index (χ0n) is 7.31. The van der Waals surface area contributed by atoms with Gasteiger partial charge in [-0.05, 0) is 19.1 Å². The molecule has 1 N–H and O–H groups in total. The van der Waals surface area contributed by atoms with E-state index in [4.69, 9.17) is 10.1 Å². The lowest BCUT2D eigenvalue weighted by atomic mass is 10.0. The summed E-state index contributed by atoms with van der Waals surface area (Å²) < 4.78 is 30.6. The number of ether oxygens (including phenoxy) is 1. The highest BCUT2D eigenvalue weighted by molar-refractivity contribution is 5.92. The summed E-state index contributed by atoms with van der Waals surface area (Å²) in [6.07, 6.45) is 0.853. The average molecular weight is 187 g/mol. The first-order chi connectivity index (χ1) is 6.15. The molecule has 2 nitrogen and oxygen atoms in total. The highest BCUT2D eigenvalue weighted by Crippen LogP contribution is 2.23. The van der Waals surface area contributed by atoms with Crippen molar-refractivity contribution in [1.82, 2.24) is 0 Å². The first-order valence-electron chi connectivity index (χ1n) is 4.07. The summed E-state index contributed by atoms with van der Waals surface area (Å²) >= 11 is 0. The van der Waals surface area contributed by atoms with E-state index < -0.39 is 12.0 Å². The lowest BCUT2D eigenvalue weighted by Gasteiger charge is -2.14. The lowest BCUT2D eigenvalue weighted by Crippen LogP contribution is -2.14. The van der Waals surface area contributed by atoms with Gasteiger partial charge in [-0.25, -0.2) is 8.78 Å². The molecule has 0 heterocycles. The van der Waals surface area contributed by atoms with E-state index >= 15 is 0 Å². The Kier molecular flexibility index (Phi) is 3.17. The summed E-state index contributed by atoms with van der Waals surface area (Å²) in [6, 6.07) is 0. The molecule has 13 heavy (non-hydrogen) atoms. The summed E-state index contributed by atoms with van der Waals surface area (Å²) in [5, 5.41) is 7.28. The second-order valence-electron chi connectivity index (χ2n) is 2.67. The third-order valence-electron chi connectivity index (χ3n) is 1.70. The van der Waals surface area contributed by atoms with Gasteiger partial charge in [0.1, 0.15) is 12.0 Å². The van der Waals surface area contributed by atoms with Crippen LogP contribution < -0.4 is 0 Å². The van der Waals surface area contributed by atoms with E-state index in [0.29, 0.717) is 0 Å². The molecule has 0 amide bonds. The van der Waals surface area contributed by atoms with Crippen molar-refractivity contribution < 1.29 is 13.5 Å². The van der Waals surface area contributed by atoms with Crippen LogP contribution in [-0.4, -0.2) is 18.7 Å². The maximum atomic E-state index is 13.0. The summed E-state index contributed by atoms with van der Waals surface area (Å²) in [4.78, 5) is 0. The van der Waals surface area contributed by atoms with E-state index in [9.17, 15) is 8.78 Å². The summed E-state index contributed by atoms with van der Waals surface area (Å²) in [5.74, 6) is -0.848. The van der Waals surface area contributed by atoms with Crippen LogP contribution in [-0.2, 0) is 4.74 Å². The Balaban J connectivity index is 2.77. The van der Waals surface area contributed by atoms with E-state index in [1.807, 2.05) is 0 Å². The number of allylic oxidation sites excluding steroid dienone is 3. The van der Waals surface area contributed by atoms with Crippen LogP contribution in [0.4, 0.5) is 8.78 Å². The first kappa shape index (κ1) is 9.89. The molecule has 0 aliphatic heterocycles. The second-order valence-corrected chi connectivity index (χ2v) is 2.67. The molecule has 0 aromatic rings. The zero-order chi connectivity index (χ0) is 9.84. The second kappa shape index (κ2) is 4.16. The molecule has 0 bridgehead atoms. The maximum absolute atomic E-state index is 13.0. The summed E-state index contributed by atoms with van der Waals surface area (Å²) in [7, 11) is 0. The molecule has 0 aromatic heterocycles. The third-order valence-corrected chi connectivity index (χ3v) is 1.70. The summed E-state index contributed by atoms with van der Waals surface area (Å²) in [6.45, 7) is 1.98. The molecule has 0 saturated carbocycles. The molecule has 0 aromatic carbocycles. The fraction of sp³-hybridized carbons (Fsp3) is 0.444. The number of rotatable bonds is 2. The predicted octanol–water partition coefficient (Wildman–Crippen LogP) is 2.52. The molecule has 0 radical (unpaired) electrons. The van der Waals surface area contributed by atoms with Crippen LogP contribution in [0.25, 0.3) is 0 Å². The van der Waals surface area contributed by atoms with Gasteiger partial charge < -0.3 is 4.74 Å². The van der Waals surface area contributed by atoms with Crippen molar-refractivity contribution >= 4 is 5.90 Å². The molecule has 0 spiro atoms. The molecule has 72 valence electrons. The van der Waals surface area contributed by atoms with E-state index in [1.54, 1.807) is 6.92 Å². The smallest absolute Gasteiger partial charge is 0.212 e. The molecule has 1 aliphatic rings. The minimum absolute atomic E-state index is 0.0110. The SMILES string of the molecule is CCOC(=N)C1=C(F)C=CC(F)C1. The van der Waals surface area contributed by atoms with Gasteiger partial charge in [0, 0.05) is 6.42 Å². The largest absolute Gasteiger partial charge is 0.478 e. The number of alkyl halides is 1. The Morgan fingerprint density at radius 2 is 2.46 bits per heavy atom. The van der Waals surface area contributed by atoms with Gasteiger partial charge >= 0.3 is 0 Å². The Morgan fingerprint density at radius 1 is 1.77 bits per heavy atom. The van der Waals surface area contributed by atoms with Gasteiger partial charge in [-0.15, -0.1) is 0 Å². The monoisotopic (exact) mass is 187 g/mol. The minimum Gasteiger partial charge on any atom is -0.478 e. The van der Waals surface area contributed by atoms with Crippen LogP contribution >= 0.6 is 0 Å². The van der Waals surface area contributed by atoms with Crippen molar-refractivity contribution in [3.63, 3.8) is 0 Å². The molecule has 1 unspecified atom stereocenters. The third kappa shape index (κ3) is 2.37. The molecular formula is C9H11F2NO. The van der Waals surface area contributed by atoms with Gasteiger partial charge in [0.15, 0.2) is 0 Å².